The molecule has 0 fully saturated rings. The largest absolute Gasteiger partial charge is 0.297 e. The van der Waals surface area contributed by atoms with E-state index in [0.717, 1.165) is 0 Å². The molecule has 0 aromatic heterocycles. The number of terminal acetylenes is 1. The molecule has 1 N–H and O–H groups in total. The molecule has 16 heavy (non-hydrogen) atoms. The minimum absolute atomic E-state index is 0.107. The van der Waals surface area contributed by atoms with Crippen LogP contribution in [0.3, 0.4) is 0 Å². The fourth-order valence-electron chi connectivity index (χ4n) is 2.38. The molecule has 0 aliphatic heterocycles. The van der Waals surface area contributed by atoms with Gasteiger partial charge >= 0.3 is 0 Å². The van der Waals surface area contributed by atoms with E-state index in [4.69, 9.17) is 6.42 Å². The Hall–Kier alpha value is -1.26. The minimum atomic E-state index is 0.107. The van der Waals surface area contributed by atoms with Crippen LogP contribution < -0.4 is 5.32 Å². The number of aryl methyl sites for hydroxylation is 3. The summed E-state index contributed by atoms with van der Waals surface area (Å²) >= 11 is 0. The normalized spacial score (nSPS) is 14.2. The molecule has 1 rings (SSSR count). The third-order valence-electron chi connectivity index (χ3n) is 2.92. The summed E-state index contributed by atoms with van der Waals surface area (Å²) in [6, 6.07) is 4.85. The highest BCUT2D eigenvalue weighted by atomic mass is 14.9. The maximum absolute atomic E-state index is 5.39. The van der Waals surface area contributed by atoms with Crippen LogP contribution >= 0.6 is 0 Å². The molecule has 0 aliphatic rings. The Morgan fingerprint density at radius 3 is 2.06 bits per heavy atom. The molecule has 2 atom stereocenters. The van der Waals surface area contributed by atoms with Gasteiger partial charge in [-0.05, 0) is 51.3 Å². The maximum atomic E-state index is 5.39. The Morgan fingerprint density at radius 2 is 1.62 bits per heavy atom. The van der Waals surface area contributed by atoms with Crippen molar-refractivity contribution < 1.29 is 0 Å². The van der Waals surface area contributed by atoms with Crippen molar-refractivity contribution in [2.24, 2.45) is 0 Å². The molecule has 2 unspecified atom stereocenters. The van der Waals surface area contributed by atoms with Gasteiger partial charge in [0.15, 0.2) is 0 Å². The van der Waals surface area contributed by atoms with E-state index < -0.39 is 0 Å². The molecule has 0 spiro atoms. The lowest BCUT2D eigenvalue weighted by molar-refractivity contribution is 0.542. The second-order valence-corrected chi connectivity index (χ2v) is 4.59. The van der Waals surface area contributed by atoms with Crippen molar-refractivity contribution in [3.05, 3.63) is 34.4 Å². The highest BCUT2D eigenvalue weighted by molar-refractivity contribution is 5.39. The van der Waals surface area contributed by atoms with Crippen LogP contribution in [-0.2, 0) is 0 Å². The minimum Gasteiger partial charge on any atom is -0.297 e. The van der Waals surface area contributed by atoms with E-state index in [-0.39, 0.29) is 6.04 Å². The van der Waals surface area contributed by atoms with Gasteiger partial charge in [0.25, 0.3) is 0 Å². The molecular weight excluding hydrogens is 194 g/mol. The third kappa shape index (κ3) is 2.87. The van der Waals surface area contributed by atoms with E-state index >= 15 is 0 Å². The fourth-order valence-corrected chi connectivity index (χ4v) is 2.38. The van der Waals surface area contributed by atoms with Crippen LogP contribution in [-0.4, -0.2) is 6.04 Å². The van der Waals surface area contributed by atoms with Crippen molar-refractivity contribution >= 4 is 0 Å². The van der Waals surface area contributed by atoms with Gasteiger partial charge in [0.1, 0.15) is 0 Å². The van der Waals surface area contributed by atoms with Crippen molar-refractivity contribution in [2.45, 2.75) is 46.7 Å². The molecule has 0 bridgehead atoms. The summed E-state index contributed by atoms with van der Waals surface area (Å²) in [6.45, 7) is 10.6. The SMILES string of the molecule is C#CC(C)NC(C)c1c(C)cc(C)cc1C. The van der Waals surface area contributed by atoms with Crippen LogP contribution in [0.1, 0.15) is 42.1 Å². The molecule has 0 amide bonds. The van der Waals surface area contributed by atoms with Gasteiger partial charge in [-0.15, -0.1) is 6.42 Å². The van der Waals surface area contributed by atoms with Gasteiger partial charge in [0, 0.05) is 6.04 Å². The van der Waals surface area contributed by atoms with Crippen LogP contribution in [0.15, 0.2) is 12.1 Å². The Morgan fingerprint density at radius 1 is 1.12 bits per heavy atom. The third-order valence-corrected chi connectivity index (χ3v) is 2.92. The van der Waals surface area contributed by atoms with E-state index in [2.05, 4.69) is 51.1 Å². The van der Waals surface area contributed by atoms with Crippen LogP contribution in [0.5, 0.6) is 0 Å². The summed E-state index contributed by atoms with van der Waals surface area (Å²) in [4.78, 5) is 0. The molecule has 0 saturated heterocycles. The highest BCUT2D eigenvalue weighted by Gasteiger charge is 2.12. The summed E-state index contributed by atoms with van der Waals surface area (Å²) in [5.41, 5.74) is 5.35. The van der Waals surface area contributed by atoms with Gasteiger partial charge in [-0.1, -0.05) is 23.6 Å². The second kappa shape index (κ2) is 5.18. The first kappa shape index (κ1) is 12.8. The van der Waals surface area contributed by atoms with Gasteiger partial charge < -0.3 is 0 Å². The lowest BCUT2D eigenvalue weighted by Gasteiger charge is -2.21. The van der Waals surface area contributed by atoms with Crippen molar-refractivity contribution in [1.29, 1.82) is 0 Å². The highest BCUT2D eigenvalue weighted by Crippen LogP contribution is 2.23. The van der Waals surface area contributed by atoms with Crippen molar-refractivity contribution in [1.82, 2.24) is 5.32 Å². The van der Waals surface area contributed by atoms with Gasteiger partial charge in [0.2, 0.25) is 0 Å². The quantitative estimate of drug-likeness (QED) is 0.763. The molecule has 1 nitrogen and oxygen atoms in total. The molecule has 0 aliphatic carbocycles. The number of nitrogens with one attached hydrogen (secondary N) is 1. The van der Waals surface area contributed by atoms with Gasteiger partial charge in [-0.3, -0.25) is 5.32 Å². The predicted octanol–water partition coefficient (Wildman–Crippen LogP) is 3.28. The Kier molecular flexibility index (Phi) is 4.15. The van der Waals surface area contributed by atoms with Crippen molar-refractivity contribution in [2.75, 3.05) is 0 Å². The van der Waals surface area contributed by atoms with E-state index in [0.29, 0.717) is 6.04 Å². The van der Waals surface area contributed by atoms with E-state index in [1.165, 1.54) is 22.3 Å². The molecule has 1 aromatic carbocycles. The molecule has 0 radical (unpaired) electrons. The zero-order valence-corrected chi connectivity index (χ0v) is 10.9. The number of rotatable bonds is 3. The first-order chi connectivity index (χ1) is 7.45. The standard InChI is InChI=1S/C15H21N/c1-7-13(5)16-14(6)15-11(3)8-10(2)9-12(15)4/h1,8-9,13-14,16H,2-6H3. The van der Waals surface area contributed by atoms with Gasteiger partial charge in [-0.2, -0.15) is 0 Å². The summed E-state index contributed by atoms with van der Waals surface area (Å²) in [5.74, 6) is 2.70. The smallest absolute Gasteiger partial charge is 0.0662 e. The fraction of sp³-hybridized carbons (Fsp3) is 0.467. The predicted molar refractivity (Wildman–Crippen MR) is 70.5 cm³/mol. The monoisotopic (exact) mass is 215 g/mol. The van der Waals surface area contributed by atoms with E-state index in [1.54, 1.807) is 0 Å². The van der Waals surface area contributed by atoms with Crippen LogP contribution in [0, 0.1) is 33.1 Å². The Bertz CT molecular complexity index is 389. The lowest BCUT2D eigenvalue weighted by Crippen LogP contribution is -2.28. The molecule has 0 saturated carbocycles. The Labute approximate surface area is 99.3 Å². The molecule has 86 valence electrons. The maximum Gasteiger partial charge on any atom is 0.0662 e. The first-order valence-electron chi connectivity index (χ1n) is 5.75. The van der Waals surface area contributed by atoms with Gasteiger partial charge in [-0.25, -0.2) is 0 Å². The molecule has 1 heteroatoms. The first-order valence-corrected chi connectivity index (χ1v) is 5.75. The second-order valence-electron chi connectivity index (χ2n) is 4.59. The molecular formula is C15H21N. The summed E-state index contributed by atoms with van der Waals surface area (Å²) in [6.07, 6.45) is 5.39. The van der Waals surface area contributed by atoms with Gasteiger partial charge in [0.05, 0.1) is 6.04 Å². The topological polar surface area (TPSA) is 12.0 Å². The molecule has 0 heterocycles. The number of hydrogen-bond acceptors (Lipinski definition) is 1. The summed E-state index contributed by atoms with van der Waals surface area (Å²) in [7, 11) is 0. The van der Waals surface area contributed by atoms with E-state index in [1.807, 2.05) is 6.92 Å². The average molecular weight is 215 g/mol. The summed E-state index contributed by atoms with van der Waals surface area (Å²) in [5, 5.41) is 3.41. The van der Waals surface area contributed by atoms with Crippen LogP contribution in [0.4, 0.5) is 0 Å². The molecule has 1 aromatic rings. The van der Waals surface area contributed by atoms with E-state index in [9.17, 15) is 0 Å². The zero-order valence-electron chi connectivity index (χ0n) is 10.9. The number of benzene rings is 1. The Balaban J connectivity index is 3.00. The number of hydrogen-bond donors (Lipinski definition) is 1. The summed E-state index contributed by atoms with van der Waals surface area (Å²) < 4.78 is 0. The van der Waals surface area contributed by atoms with Crippen molar-refractivity contribution in [3.8, 4) is 12.3 Å². The van der Waals surface area contributed by atoms with Crippen LogP contribution in [0.2, 0.25) is 0 Å². The van der Waals surface area contributed by atoms with Crippen LogP contribution in [0.25, 0.3) is 0 Å². The van der Waals surface area contributed by atoms with Crippen molar-refractivity contribution in [3.63, 3.8) is 0 Å². The lowest BCUT2D eigenvalue weighted by atomic mass is 9.94. The zero-order chi connectivity index (χ0) is 12.3. The average Bonchev–Trinajstić information content (AvgIpc) is 2.15.